The van der Waals surface area contributed by atoms with Gasteiger partial charge in [0.2, 0.25) is 5.91 Å². The quantitative estimate of drug-likeness (QED) is 0.635. The van der Waals surface area contributed by atoms with E-state index < -0.39 is 0 Å². The van der Waals surface area contributed by atoms with Gasteiger partial charge in [-0.3, -0.25) is 20.4 Å². The minimum absolute atomic E-state index is 0.238. The molecule has 0 saturated heterocycles. The lowest BCUT2D eigenvalue weighted by atomic mass is 10.2. The Morgan fingerprint density at radius 2 is 2.05 bits per heavy atom. The van der Waals surface area contributed by atoms with Crippen molar-refractivity contribution in [1.29, 1.82) is 0 Å². The van der Waals surface area contributed by atoms with Crippen LogP contribution in [0.4, 0.5) is 0 Å². The normalized spacial score (nSPS) is 10.0. The number of carbonyl (C=O) groups excluding carboxylic acids is 2. The molecule has 6 heteroatoms. The molecule has 1 aromatic heterocycles. The third kappa shape index (κ3) is 5.21. The lowest BCUT2D eigenvalue weighted by Gasteiger charge is -2.08. The van der Waals surface area contributed by atoms with Gasteiger partial charge in [0.25, 0.3) is 5.91 Å². The zero-order chi connectivity index (χ0) is 15.8. The molecular formula is C16H18N2O3S. The Kier molecular flexibility index (Phi) is 5.97. The highest BCUT2D eigenvalue weighted by molar-refractivity contribution is 7.12. The number of carbonyl (C=O) groups is 2. The van der Waals surface area contributed by atoms with Crippen LogP contribution < -0.4 is 15.6 Å². The van der Waals surface area contributed by atoms with Gasteiger partial charge in [0, 0.05) is 6.42 Å². The SMILES string of the molecule is Cc1cccc(OCCCC(=O)NNC(=O)c2cccs2)c1. The molecular weight excluding hydrogens is 300 g/mol. The Balaban J connectivity index is 1.61. The van der Waals surface area contributed by atoms with Crippen molar-refractivity contribution < 1.29 is 14.3 Å². The van der Waals surface area contributed by atoms with Gasteiger partial charge in [0.05, 0.1) is 11.5 Å². The van der Waals surface area contributed by atoms with Crippen molar-refractivity contribution in [3.63, 3.8) is 0 Å². The summed E-state index contributed by atoms with van der Waals surface area (Å²) in [4.78, 5) is 23.8. The van der Waals surface area contributed by atoms with Crippen molar-refractivity contribution in [2.45, 2.75) is 19.8 Å². The molecule has 1 heterocycles. The predicted octanol–water partition coefficient (Wildman–Crippen LogP) is 2.68. The summed E-state index contributed by atoms with van der Waals surface area (Å²) < 4.78 is 5.56. The molecule has 5 nitrogen and oxygen atoms in total. The molecule has 0 fully saturated rings. The van der Waals surface area contributed by atoms with Crippen LogP contribution in [0, 0.1) is 6.92 Å². The van der Waals surface area contributed by atoms with E-state index in [1.807, 2.05) is 31.2 Å². The van der Waals surface area contributed by atoms with E-state index in [0.717, 1.165) is 11.3 Å². The fraction of sp³-hybridized carbons (Fsp3) is 0.250. The van der Waals surface area contributed by atoms with Crippen LogP contribution in [0.25, 0.3) is 0 Å². The van der Waals surface area contributed by atoms with E-state index >= 15 is 0 Å². The Morgan fingerprint density at radius 3 is 2.77 bits per heavy atom. The number of nitrogens with one attached hydrogen (secondary N) is 2. The molecule has 1 aromatic carbocycles. The first-order chi connectivity index (χ1) is 10.6. The topological polar surface area (TPSA) is 67.4 Å². The number of thiophene rings is 1. The third-order valence-corrected chi connectivity index (χ3v) is 3.74. The average Bonchev–Trinajstić information content (AvgIpc) is 3.04. The first-order valence-corrected chi connectivity index (χ1v) is 7.85. The van der Waals surface area contributed by atoms with E-state index in [1.165, 1.54) is 11.3 Å². The van der Waals surface area contributed by atoms with Gasteiger partial charge >= 0.3 is 0 Å². The van der Waals surface area contributed by atoms with Crippen LogP contribution in [0.5, 0.6) is 5.75 Å². The number of ether oxygens (including phenoxy) is 1. The largest absolute Gasteiger partial charge is 0.494 e. The van der Waals surface area contributed by atoms with E-state index in [1.54, 1.807) is 17.5 Å². The van der Waals surface area contributed by atoms with Crippen LogP contribution in [0.3, 0.4) is 0 Å². The zero-order valence-electron chi connectivity index (χ0n) is 12.3. The summed E-state index contributed by atoms with van der Waals surface area (Å²) in [6.07, 6.45) is 0.866. The molecule has 0 saturated carbocycles. The number of benzene rings is 1. The first kappa shape index (κ1) is 16.0. The van der Waals surface area contributed by atoms with Crippen molar-refractivity contribution in [2.24, 2.45) is 0 Å². The molecule has 0 radical (unpaired) electrons. The Morgan fingerprint density at radius 1 is 1.18 bits per heavy atom. The van der Waals surface area contributed by atoms with Crippen molar-refractivity contribution in [3.05, 3.63) is 52.2 Å². The second kappa shape index (κ2) is 8.19. The molecule has 22 heavy (non-hydrogen) atoms. The van der Waals surface area contributed by atoms with Gasteiger partial charge in [-0.05, 0) is 42.5 Å². The summed E-state index contributed by atoms with van der Waals surface area (Å²) in [6.45, 7) is 2.45. The Labute approximate surface area is 133 Å². The second-order valence-electron chi connectivity index (χ2n) is 4.75. The third-order valence-electron chi connectivity index (χ3n) is 2.87. The highest BCUT2D eigenvalue weighted by Crippen LogP contribution is 2.12. The fourth-order valence-corrected chi connectivity index (χ4v) is 2.41. The van der Waals surface area contributed by atoms with Gasteiger partial charge in [-0.1, -0.05) is 18.2 Å². The van der Waals surface area contributed by atoms with Crippen molar-refractivity contribution in [3.8, 4) is 5.75 Å². The number of amides is 2. The summed E-state index contributed by atoms with van der Waals surface area (Å²) in [5.41, 5.74) is 5.90. The molecule has 2 amide bonds. The summed E-state index contributed by atoms with van der Waals surface area (Å²) in [5.74, 6) is 0.253. The molecule has 0 aliphatic heterocycles. The number of hydrogen-bond donors (Lipinski definition) is 2. The minimum Gasteiger partial charge on any atom is -0.494 e. The zero-order valence-corrected chi connectivity index (χ0v) is 13.1. The van der Waals surface area contributed by atoms with Gasteiger partial charge < -0.3 is 4.74 Å². The maximum absolute atomic E-state index is 11.6. The predicted molar refractivity (Wildman–Crippen MR) is 85.8 cm³/mol. The molecule has 2 rings (SSSR count). The first-order valence-electron chi connectivity index (χ1n) is 6.97. The number of rotatable bonds is 6. The highest BCUT2D eigenvalue weighted by Gasteiger charge is 2.07. The van der Waals surface area contributed by atoms with Gasteiger partial charge in [-0.15, -0.1) is 11.3 Å². The summed E-state index contributed by atoms with van der Waals surface area (Å²) in [7, 11) is 0. The molecule has 2 N–H and O–H groups in total. The maximum Gasteiger partial charge on any atom is 0.279 e. The van der Waals surface area contributed by atoms with E-state index in [4.69, 9.17) is 4.74 Å². The number of aryl methyl sites for hydroxylation is 1. The molecule has 0 spiro atoms. The fourth-order valence-electron chi connectivity index (χ4n) is 1.79. The lowest BCUT2D eigenvalue weighted by Crippen LogP contribution is -2.41. The van der Waals surface area contributed by atoms with Crippen LogP contribution >= 0.6 is 11.3 Å². The van der Waals surface area contributed by atoms with Crippen LogP contribution in [0.1, 0.15) is 28.1 Å². The second-order valence-corrected chi connectivity index (χ2v) is 5.70. The summed E-state index contributed by atoms with van der Waals surface area (Å²) in [5, 5.41) is 1.80. The molecule has 116 valence electrons. The summed E-state index contributed by atoms with van der Waals surface area (Å²) in [6, 6.07) is 11.2. The van der Waals surface area contributed by atoms with Gasteiger partial charge in [-0.2, -0.15) is 0 Å². The average molecular weight is 318 g/mol. The van der Waals surface area contributed by atoms with Crippen LogP contribution in [0.15, 0.2) is 41.8 Å². The molecule has 0 atom stereocenters. The maximum atomic E-state index is 11.6. The van der Waals surface area contributed by atoms with Crippen LogP contribution in [-0.2, 0) is 4.79 Å². The van der Waals surface area contributed by atoms with Crippen molar-refractivity contribution in [1.82, 2.24) is 10.9 Å². The van der Waals surface area contributed by atoms with Crippen LogP contribution in [0.2, 0.25) is 0 Å². The molecule has 0 unspecified atom stereocenters. The van der Waals surface area contributed by atoms with Gasteiger partial charge in [0.1, 0.15) is 5.75 Å². The molecule has 2 aromatic rings. The number of hydrazine groups is 1. The molecule has 0 bridgehead atoms. The molecule has 0 aliphatic carbocycles. The van der Waals surface area contributed by atoms with Crippen LogP contribution in [-0.4, -0.2) is 18.4 Å². The monoisotopic (exact) mass is 318 g/mol. The van der Waals surface area contributed by atoms with E-state index in [0.29, 0.717) is 17.9 Å². The van der Waals surface area contributed by atoms with Crippen molar-refractivity contribution in [2.75, 3.05) is 6.61 Å². The van der Waals surface area contributed by atoms with Crippen molar-refractivity contribution >= 4 is 23.2 Å². The Hall–Kier alpha value is -2.34. The highest BCUT2D eigenvalue weighted by atomic mass is 32.1. The van der Waals surface area contributed by atoms with Gasteiger partial charge in [-0.25, -0.2) is 0 Å². The molecule has 0 aliphatic rings. The van der Waals surface area contributed by atoms with E-state index in [9.17, 15) is 9.59 Å². The minimum atomic E-state index is -0.306. The standard InChI is InChI=1S/C16H18N2O3S/c1-12-5-2-6-13(11-12)21-9-3-8-15(19)17-18-16(20)14-7-4-10-22-14/h2,4-7,10-11H,3,8-9H2,1H3,(H,17,19)(H,18,20). The number of hydrogen-bond acceptors (Lipinski definition) is 4. The van der Waals surface area contributed by atoms with E-state index in [2.05, 4.69) is 10.9 Å². The summed E-state index contributed by atoms with van der Waals surface area (Å²) >= 11 is 1.32. The lowest BCUT2D eigenvalue weighted by molar-refractivity contribution is -0.122. The Bertz CT molecular complexity index is 626. The smallest absolute Gasteiger partial charge is 0.279 e. The van der Waals surface area contributed by atoms with E-state index in [-0.39, 0.29) is 18.2 Å². The van der Waals surface area contributed by atoms with Gasteiger partial charge in [0.15, 0.2) is 0 Å².